The van der Waals surface area contributed by atoms with Gasteiger partial charge in [0.2, 0.25) is 0 Å². The zero-order chi connectivity index (χ0) is 14.6. The minimum absolute atomic E-state index is 0.194. The second-order valence-electron chi connectivity index (χ2n) is 5.71. The van der Waals surface area contributed by atoms with Gasteiger partial charge in [-0.15, -0.1) is 0 Å². The number of likely N-dealkylation sites (tertiary alicyclic amines) is 1. The van der Waals surface area contributed by atoms with E-state index in [9.17, 15) is 4.79 Å². The van der Waals surface area contributed by atoms with Crippen molar-refractivity contribution in [3.63, 3.8) is 0 Å². The highest BCUT2D eigenvalue weighted by Crippen LogP contribution is 2.54. The van der Waals surface area contributed by atoms with Crippen molar-refractivity contribution in [1.82, 2.24) is 10.2 Å². The van der Waals surface area contributed by atoms with E-state index in [1.54, 1.807) is 0 Å². The highest BCUT2D eigenvalue weighted by molar-refractivity contribution is 5.94. The molecule has 0 radical (unpaired) electrons. The fraction of sp³-hybridized carbons (Fsp3) is 0.588. The zero-order valence-corrected chi connectivity index (χ0v) is 12.9. The summed E-state index contributed by atoms with van der Waals surface area (Å²) in [5.74, 6) is 0.194. The molecule has 1 heterocycles. The molecule has 1 aromatic rings. The van der Waals surface area contributed by atoms with E-state index in [0.29, 0.717) is 11.5 Å². The van der Waals surface area contributed by atoms with Crippen molar-refractivity contribution in [2.24, 2.45) is 5.41 Å². The van der Waals surface area contributed by atoms with Crippen LogP contribution in [0.5, 0.6) is 0 Å². The monoisotopic (exact) mass is 274 g/mol. The van der Waals surface area contributed by atoms with Crippen molar-refractivity contribution < 1.29 is 4.79 Å². The molecular formula is C17H26N2O. The van der Waals surface area contributed by atoms with E-state index < -0.39 is 0 Å². The van der Waals surface area contributed by atoms with Crippen LogP contribution in [0.1, 0.15) is 43.5 Å². The number of benzene rings is 1. The molecule has 1 saturated carbocycles. The van der Waals surface area contributed by atoms with Gasteiger partial charge in [0.05, 0.1) is 0 Å². The summed E-state index contributed by atoms with van der Waals surface area (Å²) in [5.41, 5.74) is 1.28. The van der Waals surface area contributed by atoms with Crippen LogP contribution in [0, 0.1) is 5.41 Å². The first-order chi connectivity index (χ1) is 9.74. The predicted octanol–water partition coefficient (Wildman–Crippen LogP) is 2.93. The lowest BCUT2D eigenvalue weighted by Gasteiger charge is -2.24. The molecule has 3 nitrogen and oxygen atoms in total. The minimum Gasteiger partial charge on any atom is -0.334 e. The molecule has 20 heavy (non-hydrogen) atoms. The van der Waals surface area contributed by atoms with Crippen molar-refractivity contribution in [3.05, 3.63) is 35.9 Å². The highest BCUT2D eigenvalue weighted by atomic mass is 16.2. The van der Waals surface area contributed by atoms with E-state index >= 15 is 0 Å². The largest absolute Gasteiger partial charge is 0.334 e. The zero-order valence-electron chi connectivity index (χ0n) is 12.9. The van der Waals surface area contributed by atoms with Crippen LogP contribution in [0.3, 0.4) is 0 Å². The second-order valence-corrected chi connectivity index (χ2v) is 5.71. The Kier molecular flexibility index (Phi) is 4.81. The number of carbonyl (C=O) groups is 1. The summed E-state index contributed by atoms with van der Waals surface area (Å²) < 4.78 is 0. The molecule has 0 bridgehead atoms. The quantitative estimate of drug-likeness (QED) is 0.919. The third-order valence-corrected chi connectivity index (χ3v) is 4.29. The second kappa shape index (κ2) is 6.40. The Morgan fingerprint density at radius 1 is 1.30 bits per heavy atom. The van der Waals surface area contributed by atoms with Crippen LogP contribution in [-0.4, -0.2) is 37.0 Å². The number of carbonyl (C=O) groups excluding carboxylic acids is 1. The Bertz CT molecular complexity index is 440. The maximum absolute atomic E-state index is 12.5. The lowest BCUT2D eigenvalue weighted by atomic mass is 10.0. The summed E-state index contributed by atoms with van der Waals surface area (Å²) in [7, 11) is 1.96. The molecular weight excluding hydrogens is 248 g/mol. The summed E-state index contributed by atoms with van der Waals surface area (Å²) in [5, 5.41) is 3.22. The fourth-order valence-electron chi connectivity index (χ4n) is 3.11. The molecule has 1 spiro atoms. The van der Waals surface area contributed by atoms with Crippen molar-refractivity contribution >= 4 is 5.91 Å². The van der Waals surface area contributed by atoms with E-state index in [4.69, 9.17) is 0 Å². The molecule has 3 rings (SSSR count). The number of rotatable bonds is 3. The maximum atomic E-state index is 12.5. The molecule has 3 heteroatoms. The number of amides is 1. The third-order valence-electron chi connectivity index (χ3n) is 4.29. The summed E-state index contributed by atoms with van der Waals surface area (Å²) in [4.78, 5) is 14.6. The summed E-state index contributed by atoms with van der Waals surface area (Å²) in [6, 6.07) is 10.0. The van der Waals surface area contributed by atoms with Gasteiger partial charge in [0.25, 0.3) is 5.91 Å². The van der Waals surface area contributed by atoms with Gasteiger partial charge in [0.1, 0.15) is 0 Å². The Morgan fingerprint density at radius 2 is 1.95 bits per heavy atom. The van der Waals surface area contributed by atoms with E-state index in [-0.39, 0.29) is 5.91 Å². The van der Waals surface area contributed by atoms with Crippen LogP contribution in [-0.2, 0) is 0 Å². The number of nitrogens with zero attached hydrogens (tertiary/aromatic N) is 1. The molecule has 1 aliphatic heterocycles. The van der Waals surface area contributed by atoms with Gasteiger partial charge in [-0.05, 0) is 43.9 Å². The average molecular weight is 274 g/mol. The van der Waals surface area contributed by atoms with Crippen LogP contribution in [0.2, 0.25) is 0 Å². The molecule has 2 aliphatic rings. The standard InChI is InChI=1S/C15H20N2O.C2H6/c1-16-10-13-9-15(7-8-15)11-17(13)14(18)12-5-3-2-4-6-12;1-2/h2-6,13,16H,7-11H2,1H3;1-2H3/t13-;/m0./s1. The third kappa shape index (κ3) is 3.04. The minimum atomic E-state index is 0.194. The first-order valence-electron chi connectivity index (χ1n) is 7.75. The Labute approximate surface area is 122 Å². The lowest BCUT2D eigenvalue weighted by molar-refractivity contribution is 0.0731. The summed E-state index contributed by atoms with van der Waals surface area (Å²) in [6.07, 6.45) is 3.77. The molecule has 1 atom stereocenters. The van der Waals surface area contributed by atoms with Gasteiger partial charge >= 0.3 is 0 Å². The number of likely N-dealkylation sites (N-methyl/N-ethyl adjacent to an activating group) is 1. The highest BCUT2D eigenvalue weighted by Gasteiger charge is 2.52. The first-order valence-corrected chi connectivity index (χ1v) is 7.75. The molecule has 110 valence electrons. The molecule has 1 saturated heterocycles. The molecule has 0 aromatic heterocycles. The Hall–Kier alpha value is -1.35. The summed E-state index contributed by atoms with van der Waals surface area (Å²) in [6.45, 7) is 5.85. The average Bonchev–Trinajstić information content (AvgIpc) is 3.16. The van der Waals surface area contributed by atoms with Gasteiger partial charge in [0.15, 0.2) is 0 Å². The van der Waals surface area contributed by atoms with Crippen LogP contribution < -0.4 is 5.32 Å². The van der Waals surface area contributed by atoms with Crippen molar-refractivity contribution in [2.45, 2.75) is 39.2 Å². The normalized spacial score (nSPS) is 22.4. The fourth-order valence-corrected chi connectivity index (χ4v) is 3.11. The van der Waals surface area contributed by atoms with Crippen molar-refractivity contribution in [2.75, 3.05) is 20.1 Å². The molecule has 2 fully saturated rings. The van der Waals surface area contributed by atoms with Crippen LogP contribution in [0.25, 0.3) is 0 Å². The first kappa shape index (κ1) is 15.0. The molecule has 1 aliphatic carbocycles. The van der Waals surface area contributed by atoms with Crippen LogP contribution in [0.15, 0.2) is 30.3 Å². The van der Waals surface area contributed by atoms with Crippen molar-refractivity contribution in [3.8, 4) is 0 Å². The topological polar surface area (TPSA) is 32.3 Å². The number of hydrogen-bond donors (Lipinski definition) is 1. The van der Waals surface area contributed by atoms with Crippen LogP contribution in [0.4, 0.5) is 0 Å². The molecule has 1 amide bonds. The smallest absolute Gasteiger partial charge is 0.254 e. The van der Waals surface area contributed by atoms with E-state index in [2.05, 4.69) is 10.2 Å². The van der Waals surface area contributed by atoms with Crippen LogP contribution >= 0.6 is 0 Å². The maximum Gasteiger partial charge on any atom is 0.254 e. The number of hydrogen-bond acceptors (Lipinski definition) is 2. The number of nitrogens with one attached hydrogen (secondary N) is 1. The Balaban J connectivity index is 0.000000704. The summed E-state index contributed by atoms with van der Waals surface area (Å²) >= 11 is 0. The van der Waals surface area contributed by atoms with Gasteiger partial charge in [-0.25, -0.2) is 0 Å². The van der Waals surface area contributed by atoms with E-state index in [0.717, 1.165) is 18.7 Å². The lowest BCUT2D eigenvalue weighted by Crippen LogP contribution is -2.40. The van der Waals surface area contributed by atoms with E-state index in [1.807, 2.05) is 51.2 Å². The van der Waals surface area contributed by atoms with Gasteiger partial charge in [-0.1, -0.05) is 32.0 Å². The predicted molar refractivity (Wildman–Crippen MR) is 82.8 cm³/mol. The van der Waals surface area contributed by atoms with Gasteiger partial charge in [0, 0.05) is 24.7 Å². The molecule has 1 N–H and O–H groups in total. The van der Waals surface area contributed by atoms with Gasteiger partial charge in [-0.2, -0.15) is 0 Å². The van der Waals surface area contributed by atoms with Gasteiger partial charge in [-0.3, -0.25) is 4.79 Å². The van der Waals surface area contributed by atoms with E-state index in [1.165, 1.54) is 19.3 Å². The van der Waals surface area contributed by atoms with Gasteiger partial charge < -0.3 is 10.2 Å². The Morgan fingerprint density at radius 3 is 2.50 bits per heavy atom. The molecule has 0 unspecified atom stereocenters. The SMILES string of the molecule is CC.CNC[C@@H]1CC2(CC2)CN1C(=O)c1ccccc1. The molecule has 1 aromatic carbocycles. The van der Waals surface area contributed by atoms with Crippen molar-refractivity contribution in [1.29, 1.82) is 0 Å².